The zero-order valence-corrected chi connectivity index (χ0v) is 16.1. The van der Waals surface area contributed by atoms with Gasteiger partial charge in [-0.2, -0.15) is 8.42 Å². The van der Waals surface area contributed by atoms with Crippen LogP contribution in [0, 0.1) is 11.8 Å². The van der Waals surface area contributed by atoms with Crippen LogP contribution >= 0.6 is 0 Å². The Kier molecular flexibility index (Phi) is 4.59. The molecule has 4 aliphatic carbocycles. The molecule has 4 saturated carbocycles. The van der Waals surface area contributed by atoms with Crippen molar-refractivity contribution in [2.24, 2.45) is 11.8 Å². The summed E-state index contributed by atoms with van der Waals surface area (Å²) in [5.41, 5.74) is 0.804. The Bertz CT molecular complexity index is 849. The molecule has 0 radical (unpaired) electrons. The molecule has 5 rings (SSSR count). The van der Waals surface area contributed by atoms with E-state index < -0.39 is 33.6 Å². The van der Waals surface area contributed by atoms with Gasteiger partial charge in [-0.05, 0) is 61.3 Å². The van der Waals surface area contributed by atoms with Crippen LogP contribution < -0.4 is 0 Å². The highest BCUT2D eigenvalue weighted by Gasteiger charge is 2.59. The minimum Gasteiger partial charge on any atom is -0.434 e. The van der Waals surface area contributed by atoms with E-state index >= 15 is 0 Å². The summed E-state index contributed by atoms with van der Waals surface area (Å²) in [5, 5.41) is 14.5. The lowest BCUT2D eigenvalue weighted by Gasteiger charge is -2.61. The van der Waals surface area contributed by atoms with E-state index in [0.29, 0.717) is 11.8 Å². The van der Waals surface area contributed by atoms with E-state index in [-0.39, 0.29) is 5.41 Å². The summed E-state index contributed by atoms with van der Waals surface area (Å²) in [6, 6.07) is 10.3. The summed E-state index contributed by atoms with van der Waals surface area (Å²) in [4.78, 5) is 11.6. The molecule has 3 N–H and O–H groups in total. The van der Waals surface area contributed by atoms with Crippen molar-refractivity contribution in [2.45, 2.75) is 54.7 Å². The van der Waals surface area contributed by atoms with Gasteiger partial charge in [-0.1, -0.05) is 30.3 Å². The van der Waals surface area contributed by atoms with Gasteiger partial charge in [0, 0.05) is 0 Å². The number of esters is 1. The zero-order valence-electron chi connectivity index (χ0n) is 15.3. The maximum absolute atomic E-state index is 11.6. The van der Waals surface area contributed by atoms with Crippen LogP contribution in [0.4, 0.5) is 0 Å². The van der Waals surface area contributed by atoms with Gasteiger partial charge in [-0.15, -0.1) is 0 Å². The molecule has 2 atom stereocenters. The Balaban J connectivity index is 1.48. The van der Waals surface area contributed by atoms with Gasteiger partial charge in [0.25, 0.3) is 0 Å². The fraction of sp³-hybridized carbons (Fsp3) is 0.632. The zero-order chi connectivity index (χ0) is 20.2. The number of carbonyl (C=O) groups excluding carboxylic acids is 1. The summed E-state index contributed by atoms with van der Waals surface area (Å²) in [6.07, 6.45) is 5.78. The number of rotatable bonds is 6. The number of carbonyl (C=O) groups is 1. The molecule has 0 spiro atoms. The SMILES string of the molecule is O=C(OCOC12CC3CC(C1)CC(c1ccccc1)(C3)C2)C(O)(O)S(=O)(=O)O. The number of aliphatic hydroxyl groups is 2. The largest absolute Gasteiger partial charge is 0.434 e. The molecule has 0 amide bonds. The molecule has 8 nitrogen and oxygen atoms in total. The lowest BCUT2D eigenvalue weighted by Crippen LogP contribution is -2.58. The van der Waals surface area contributed by atoms with E-state index in [4.69, 9.17) is 9.29 Å². The standard InChI is InChI=1S/C19H24O8S/c20-16(19(21,22)28(23,24)25)26-12-27-18-9-13-6-14(10-18)8-17(7-13,11-18)15-4-2-1-3-5-15/h1-5,13-14,21-22H,6-12H2,(H,23,24,25). The van der Waals surface area contributed by atoms with E-state index in [1.807, 2.05) is 18.2 Å². The van der Waals surface area contributed by atoms with Crippen LogP contribution in [0.1, 0.15) is 44.1 Å². The van der Waals surface area contributed by atoms with Crippen LogP contribution in [-0.2, 0) is 29.8 Å². The van der Waals surface area contributed by atoms with Crippen LogP contribution in [0.25, 0.3) is 0 Å². The highest BCUT2D eigenvalue weighted by molar-refractivity contribution is 7.87. The van der Waals surface area contributed by atoms with Gasteiger partial charge in [0.05, 0.1) is 5.60 Å². The first-order valence-electron chi connectivity index (χ1n) is 9.34. The highest BCUT2D eigenvalue weighted by Crippen LogP contribution is 2.63. The molecule has 2 unspecified atom stereocenters. The van der Waals surface area contributed by atoms with Crippen molar-refractivity contribution >= 4 is 16.1 Å². The quantitative estimate of drug-likeness (QED) is 0.362. The minimum atomic E-state index is -5.44. The molecule has 28 heavy (non-hydrogen) atoms. The van der Waals surface area contributed by atoms with Gasteiger partial charge in [-0.3, -0.25) is 4.55 Å². The Labute approximate surface area is 163 Å². The van der Waals surface area contributed by atoms with Crippen LogP contribution in [0.2, 0.25) is 0 Å². The number of ether oxygens (including phenoxy) is 2. The third kappa shape index (κ3) is 3.25. The summed E-state index contributed by atoms with van der Waals surface area (Å²) in [7, 11) is -5.44. The van der Waals surface area contributed by atoms with Crippen molar-refractivity contribution in [2.75, 3.05) is 6.79 Å². The lowest BCUT2D eigenvalue weighted by molar-refractivity contribution is -0.230. The predicted molar refractivity (Wildman–Crippen MR) is 96.3 cm³/mol. The maximum atomic E-state index is 11.6. The Morgan fingerprint density at radius 1 is 1.11 bits per heavy atom. The first-order chi connectivity index (χ1) is 13.1. The molecule has 1 aromatic rings. The molecule has 0 saturated heterocycles. The minimum absolute atomic E-state index is 0.0154. The molecule has 4 fully saturated rings. The number of hydrogen-bond acceptors (Lipinski definition) is 7. The molecule has 154 valence electrons. The molecule has 9 heteroatoms. The van der Waals surface area contributed by atoms with Gasteiger partial charge in [-0.25, -0.2) is 4.79 Å². The van der Waals surface area contributed by atoms with Crippen molar-refractivity contribution in [1.29, 1.82) is 0 Å². The maximum Gasteiger partial charge on any atom is 0.396 e. The molecular formula is C19H24O8S. The van der Waals surface area contributed by atoms with Crippen molar-refractivity contribution in [1.82, 2.24) is 0 Å². The molecule has 1 aromatic carbocycles. The van der Waals surface area contributed by atoms with E-state index in [2.05, 4.69) is 16.9 Å². The molecule has 0 aliphatic heterocycles. The Morgan fingerprint density at radius 3 is 2.29 bits per heavy atom. The topological polar surface area (TPSA) is 130 Å². The lowest BCUT2D eigenvalue weighted by atomic mass is 9.46. The first kappa shape index (κ1) is 19.8. The summed E-state index contributed by atoms with van der Waals surface area (Å²) in [6.45, 7) is -0.610. The number of hydrogen-bond donors (Lipinski definition) is 3. The van der Waals surface area contributed by atoms with Crippen molar-refractivity contribution in [3.05, 3.63) is 35.9 Å². The smallest absolute Gasteiger partial charge is 0.396 e. The second kappa shape index (κ2) is 6.50. The molecule has 0 aromatic heterocycles. The van der Waals surface area contributed by atoms with Gasteiger partial charge in [0.1, 0.15) is 0 Å². The molecule has 0 heterocycles. The van der Waals surface area contributed by atoms with Gasteiger partial charge < -0.3 is 19.7 Å². The van der Waals surface area contributed by atoms with Crippen LogP contribution in [-0.4, -0.2) is 46.7 Å². The average Bonchev–Trinajstić information content (AvgIpc) is 2.60. The highest BCUT2D eigenvalue weighted by atomic mass is 32.2. The van der Waals surface area contributed by atoms with Gasteiger partial charge >= 0.3 is 21.2 Å². The van der Waals surface area contributed by atoms with E-state index in [1.165, 1.54) is 5.56 Å². The van der Waals surface area contributed by atoms with E-state index in [1.54, 1.807) is 0 Å². The van der Waals surface area contributed by atoms with E-state index in [9.17, 15) is 23.4 Å². The fourth-order valence-electron chi connectivity index (χ4n) is 5.88. The Morgan fingerprint density at radius 2 is 1.71 bits per heavy atom. The third-order valence-electron chi connectivity index (χ3n) is 6.57. The normalized spacial score (nSPS) is 34.4. The van der Waals surface area contributed by atoms with Gasteiger partial charge in [0.2, 0.25) is 0 Å². The molecule has 4 aliphatic rings. The van der Waals surface area contributed by atoms with Gasteiger partial charge in [0.15, 0.2) is 6.79 Å². The van der Waals surface area contributed by atoms with E-state index in [0.717, 1.165) is 38.5 Å². The van der Waals surface area contributed by atoms with Crippen molar-refractivity contribution < 1.29 is 37.5 Å². The second-order valence-electron chi connectivity index (χ2n) is 8.57. The predicted octanol–water partition coefficient (Wildman–Crippen LogP) is 1.32. The van der Waals surface area contributed by atoms with Crippen LogP contribution in [0.15, 0.2) is 30.3 Å². The monoisotopic (exact) mass is 412 g/mol. The second-order valence-corrected chi connectivity index (χ2v) is 10.1. The third-order valence-corrected chi connectivity index (χ3v) is 7.46. The molecule has 4 bridgehead atoms. The molecular weight excluding hydrogens is 388 g/mol. The average molecular weight is 412 g/mol. The first-order valence-corrected chi connectivity index (χ1v) is 10.8. The van der Waals surface area contributed by atoms with Crippen molar-refractivity contribution in [3.63, 3.8) is 0 Å². The Hall–Kier alpha value is -1.52. The summed E-state index contributed by atoms with van der Waals surface area (Å²) in [5.74, 6) is -0.882. The van der Waals surface area contributed by atoms with Crippen LogP contribution in [0.5, 0.6) is 0 Å². The summed E-state index contributed by atoms with van der Waals surface area (Å²) < 4.78 is 41.1. The van der Waals surface area contributed by atoms with Crippen molar-refractivity contribution in [3.8, 4) is 0 Å². The number of benzene rings is 1. The summed E-state index contributed by atoms with van der Waals surface area (Å²) >= 11 is 0. The van der Waals surface area contributed by atoms with Crippen LogP contribution in [0.3, 0.4) is 0 Å². The fourth-order valence-corrected chi connectivity index (χ4v) is 6.15.